The van der Waals surface area contributed by atoms with Crippen LogP contribution in [0.25, 0.3) is 0 Å². The highest BCUT2D eigenvalue weighted by Crippen LogP contribution is 2.18. The number of nitrogens with one attached hydrogen (secondary N) is 1. The molecule has 1 N–H and O–H groups in total. The molecule has 0 aliphatic rings. The number of carbonyl (C=O) groups excluding carboxylic acids is 2. The number of hydrogen-bond donors (Lipinski definition) is 1. The Morgan fingerprint density at radius 3 is 2.17 bits per heavy atom. The van der Waals surface area contributed by atoms with E-state index in [0.717, 1.165) is 12.2 Å². The molecule has 24 heavy (non-hydrogen) atoms. The molecule has 2 amide bonds. The monoisotopic (exact) mass is 325 g/mol. The largest absolute Gasteiger partial charge is 0.370 e. The fraction of sp³-hybridized carbons (Fsp3) is 0.263. The molecule has 0 fully saturated rings. The number of carbonyl (C=O) groups is 2. The van der Waals surface area contributed by atoms with Gasteiger partial charge in [0.05, 0.1) is 6.54 Å². The topological polar surface area (TPSA) is 52.7 Å². The van der Waals surface area contributed by atoms with Crippen molar-refractivity contribution in [3.05, 3.63) is 60.2 Å². The van der Waals surface area contributed by atoms with Crippen LogP contribution in [0.2, 0.25) is 0 Å². The van der Waals surface area contributed by atoms with E-state index in [1.807, 2.05) is 49.5 Å². The predicted octanol–water partition coefficient (Wildman–Crippen LogP) is 2.74. The molecular formula is C19H23N3O2. The number of rotatable bonds is 6. The first kappa shape index (κ1) is 17.5. The molecule has 0 atom stereocenters. The molecular weight excluding hydrogens is 302 g/mol. The summed E-state index contributed by atoms with van der Waals surface area (Å²) >= 11 is 0. The van der Waals surface area contributed by atoms with Crippen molar-refractivity contribution in [3.63, 3.8) is 0 Å². The second kappa shape index (κ2) is 8.15. The number of nitrogens with zero attached hydrogens (tertiary/aromatic N) is 2. The molecule has 0 unspecified atom stereocenters. The highest BCUT2D eigenvalue weighted by atomic mass is 16.2. The Balaban J connectivity index is 1.92. The van der Waals surface area contributed by atoms with Gasteiger partial charge in [0, 0.05) is 38.9 Å². The molecule has 0 aliphatic heterocycles. The predicted molar refractivity (Wildman–Crippen MR) is 96.9 cm³/mol. The summed E-state index contributed by atoms with van der Waals surface area (Å²) in [5.74, 6) is -0.346. The number of likely N-dealkylation sites (N-methyl/N-ethyl adjacent to an activating group) is 1. The Kier molecular flexibility index (Phi) is 5.95. The quantitative estimate of drug-likeness (QED) is 0.888. The number of benzene rings is 2. The minimum atomic E-state index is -0.210. The average Bonchev–Trinajstić information content (AvgIpc) is 2.56. The minimum Gasteiger partial charge on any atom is -0.370 e. The molecule has 0 spiro atoms. The summed E-state index contributed by atoms with van der Waals surface area (Å²) in [6.45, 7) is 2.30. The molecule has 2 aromatic rings. The van der Waals surface area contributed by atoms with E-state index in [4.69, 9.17) is 0 Å². The lowest BCUT2D eigenvalue weighted by Crippen LogP contribution is -2.33. The molecule has 5 nitrogen and oxygen atoms in total. The van der Waals surface area contributed by atoms with Crippen LogP contribution in [-0.2, 0) is 16.1 Å². The average molecular weight is 325 g/mol. The maximum Gasteiger partial charge on any atom is 0.243 e. The van der Waals surface area contributed by atoms with Gasteiger partial charge in [0.2, 0.25) is 11.8 Å². The van der Waals surface area contributed by atoms with Gasteiger partial charge in [0.15, 0.2) is 0 Å². The SMILES string of the molecule is CC(=O)N(C)CC(=O)Nc1ccc(N(C)Cc2ccccc2)cc1. The molecule has 2 rings (SSSR count). The zero-order chi connectivity index (χ0) is 17.5. The zero-order valence-corrected chi connectivity index (χ0v) is 14.3. The lowest BCUT2D eigenvalue weighted by Gasteiger charge is -2.20. The van der Waals surface area contributed by atoms with Crippen molar-refractivity contribution in [1.82, 2.24) is 4.90 Å². The van der Waals surface area contributed by atoms with Crippen molar-refractivity contribution in [1.29, 1.82) is 0 Å². The van der Waals surface area contributed by atoms with Crippen molar-refractivity contribution in [3.8, 4) is 0 Å². The van der Waals surface area contributed by atoms with Crippen molar-refractivity contribution < 1.29 is 9.59 Å². The van der Waals surface area contributed by atoms with Crippen LogP contribution in [0.15, 0.2) is 54.6 Å². The Bertz CT molecular complexity index is 684. The van der Waals surface area contributed by atoms with Gasteiger partial charge in [-0.25, -0.2) is 0 Å². The highest BCUT2D eigenvalue weighted by Gasteiger charge is 2.09. The van der Waals surface area contributed by atoms with Gasteiger partial charge in [-0.1, -0.05) is 30.3 Å². The van der Waals surface area contributed by atoms with Crippen molar-refractivity contribution in [2.24, 2.45) is 0 Å². The van der Waals surface area contributed by atoms with E-state index in [0.29, 0.717) is 5.69 Å². The molecule has 0 aliphatic carbocycles. The van der Waals surface area contributed by atoms with Gasteiger partial charge in [-0.2, -0.15) is 0 Å². The molecule has 0 saturated carbocycles. The van der Waals surface area contributed by atoms with Crippen molar-refractivity contribution >= 4 is 23.2 Å². The number of amides is 2. The maximum atomic E-state index is 11.9. The van der Waals surface area contributed by atoms with Crippen LogP contribution in [0.5, 0.6) is 0 Å². The third-order valence-electron chi connectivity index (χ3n) is 3.77. The van der Waals surface area contributed by atoms with Crippen LogP contribution < -0.4 is 10.2 Å². The molecule has 0 aromatic heterocycles. The molecule has 0 saturated heterocycles. The van der Waals surface area contributed by atoms with Crippen LogP contribution in [0, 0.1) is 0 Å². The van der Waals surface area contributed by atoms with E-state index in [9.17, 15) is 9.59 Å². The zero-order valence-electron chi connectivity index (χ0n) is 14.3. The maximum absolute atomic E-state index is 11.9. The molecule has 5 heteroatoms. The van der Waals surface area contributed by atoms with Gasteiger partial charge in [0.25, 0.3) is 0 Å². The summed E-state index contributed by atoms with van der Waals surface area (Å²) in [5, 5.41) is 2.79. The Labute approximate surface area is 142 Å². The van der Waals surface area contributed by atoms with Crippen LogP contribution in [0.4, 0.5) is 11.4 Å². The Morgan fingerprint density at radius 1 is 0.958 bits per heavy atom. The van der Waals surface area contributed by atoms with Gasteiger partial charge < -0.3 is 15.1 Å². The molecule has 2 aromatic carbocycles. The van der Waals surface area contributed by atoms with E-state index < -0.39 is 0 Å². The summed E-state index contributed by atoms with van der Waals surface area (Å²) in [6, 6.07) is 17.9. The van der Waals surface area contributed by atoms with Gasteiger partial charge in [-0.05, 0) is 29.8 Å². The van der Waals surface area contributed by atoms with Gasteiger partial charge >= 0.3 is 0 Å². The summed E-state index contributed by atoms with van der Waals surface area (Å²) < 4.78 is 0. The van der Waals surface area contributed by atoms with Crippen molar-refractivity contribution in [2.75, 3.05) is 30.9 Å². The smallest absolute Gasteiger partial charge is 0.243 e. The van der Waals surface area contributed by atoms with Crippen LogP contribution in [0.1, 0.15) is 12.5 Å². The second-order valence-corrected chi connectivity index (χ2v) is 5.81. The Morgan fingerprint density at radius 2 is 1.58 bits per heavy atom. The second-order valence-electron chi connectivity index (χ2n) is 5.81. The Hall–Kier alpha value is -2.82. The highest BCUT2D eigenvalue weighted by molar-refractivity contribution is 5.94. The third-order valence-corrected chi connectivity index (χ3v) is 3.77. The number of anilines is 2. The summed E-state index contributed by atoms with van der Waals surface area (Å²) in [6.07, 6.45) is 0. The molecule has 0 heterocycles. The van der Waals surface area contributed by atoms with E-state index in [-0.39, 0.29) is 18.4 Å². The van der Waals surface area contributed by atoms with Crippen LogP contribution in [-0.4, -0.2) is 37.4 Å². The molecule has 0 bridgehead atoms. The van der Waals surface area contributed by atoms with Crippen LogP contribution in [0.3, 0.4) is 0 Å². The van der Waals surface area contributed by atoms with Crippen LogP contribution >= 0.6 is 0 Å². The third kappa shape index (κ3) is 5.12. The first-order chi connectivity index (χ1) is 11.5. The van der Waals surface area contributed by atoms with Gasteiger partial charge in [-0.15, -0.1) is 0 Å². The standard InChI is InChI=1S/C19H23N3O2/c1-15(23)21(2)14-19(24)20-17-9-11-18(12-10-17)22(3)13-16-7-5-4-6-8-16/h4-12H,13-14H2,1-3H3,(H,20,24). The normalized spacial score (nSPS) is 10.1. The lowest BCUT2D eigenvalue weighted by atomic mass is 10.2. The van der Waals surface area contributed by atoms with E-state index in [1.54, 1.807) is 7.05 Å². The van der Waals surface area contributed by atoms with E-state index >= 15 is 0 Å². The first-order valence-electron chi connectivity index (χ1n) is 7.82. The van der Waals surface area contributed by atoms with Crippen molar-refractivity contribution in [2.45, 2.75) is 13.5 Å². The van der Waals surface area contributed by atoms with E-state index in [1.165, 1.54) is 17.4 Å². The fourth-order valence-corrected chi connectivity index (χ4v) is 2.28. The summed E-state index contributed by atoms with van der Waals surface area (Å²) in [4.78, 5) is 26.5. The summed E-state index contributed by atoms with van der Waals surface area (Å²) in [5.41, 5.74) is 3.02. The fourth-order valence-electron chi connectivity index (χ4n) is 2.28. The molecule has 0 radical (unpaired) electrons. The first-order valence-corrected chi connectivity index (χ1v) is 7.82. The molecule has 126 valence electrons. The van der Waals surface area contributed by atoms with Gasteiger partial charge in [0.1, 0.15) is 0 Å². The summed E-state index contributed by atoms with van der Waals surface area (Å²) in [7, 11) is 3.63. The minimum absolute atomic E-state index is 0.0466. The van der Waals surface area contributed by atoms with E-state index in [2.05, 4.69) is 22.3 Å². The van der Waals surface area contributed by atoms with Gasteiger partial charge in [-0.3, -0.25) is 9.59 Å². The number of hydrogen-bond acceptors (Lipinski definition) is 3. The lowest BCUT2D eigenvalue weighted by molar-refractivity contribution is -0.131.